The maximum absolute atomic E-state index is 13.6. The fourth-order valence-electron chi connectivity index (χ4n) is 1.79. The van der Waals surface area contributed by atoms with Gasteiger partial charge in [0, 0.05) is 4.47 Å². The third-order valence-corrected chi connectivity index (χ3v) is 3.18. The predicted octanol–water partition coefficient (Wildman–Crippen LogP) is 3.73. The molecule has 1 aromatic heterocycles. The largest absolute Gasteiger partial charge is 0.467 e. The second-order valence-electron chi connectivity index (χ2n) is 4.01. The minimum absolute atomic E-state index is 0.243. The molecule has 0 aliphatic carbocycles. The first-order valence-corrected chi connectivity index (χ1v) is 6.10. The van der Waals surface area contributed by atoms with Crippen molar-refractivity contribution in [1.29, 1.82) is 0 Å². The van der Waals surface area contributed by atoms with E-state index in [0.717, 1.165) is 10.0 Å². The number of hydrogen-bond acceptors (Lipinski definition) is 2. The van der Waals surface area contributed by atoms with Crippen LogP contribution in [0.2, 0.25) is 0 Å². The average Bonchev–Trinajstić information content (AvgIpc) is 2.70. The van der Waals surface area contributed by atoms with E-state index in [9.17, 15) is 4.39 Å². The van der Waals surface area contributed by atoms with E-state index in [1.807, 2.05) is 13.0 Å². The summed E-state index contributed by atoms with van der Waals surface area (Å²) in [7, 11) is 0. The van der Waals surface area contributed by atoms with Gasteiger partial charge in [-0.1, -0.05) is 15.9 Å². The molecule has 0 aliphatic heterocycles. The van der Waals surface area contributed by atoms with Gasteiger partial charge in [0.2, 0.25) is 0 Å². The van der Waals surface area contributed by atoms with Crippen molar-refractivity contribution in [3.63, 3.8) is 0 Å². The summed E-state index contributed by atoms with van der Waals surface area (Å²) < 4.78 is 19.7. The Morgan fingerprint density at radius 3 is 2.82 bits per heavy atom. The van der Waals surface area contributed by atoms with E-state index in [1.54, 1.807) is 18.4 Å². The molecule has 2 nitrogen and oxygen atoms in total. The Hall–Kier alpha value is -1.13. The molecular weight excluding hydrogens is 285 g/mol. The summed E-state index contributed by atoms with van der Waals surface area (Å²) in [4.78, 5) is 0. The van der Waals surface area contributed by atoms with Crippen LogP contribution >= 0.6 is 15.9 Å². The summed E-state index contributed by atoms with van der Waals surface area (Å²) in [6.45, 7) is 1.93. The molecule has 0 bridgehead atoms. The van der Waals surface area contributed by atoms with E-state index >= 15 is 0 Å². The van der Waals surface area contributed by atoms with Gasteiger partial charge in [-0.3, -0.25) is 0 Å². The number of hydrogen-bond donors (Lipinski definition) is 1. The minimum Gasteiger partial charge on any atom is -0.467 e. The third-order valence-electron chi connectivity index (χ3n) is 2.69. The lowest BCUT2D eigenvalue weighted by atomic mass is 10.0. The number of halogens is 2. The lowest BCUT2D eigenvalue weighted by Crippen LogP contribution is -2.14. The van der Waals surface area contributed by atoms with Gasteiger partial charge in [-0.2, -0.15) is 0 Å². The van der Waals surface area contributed by atoms with Crippen molar-refractivity contribution < 1.29 is 8.81 Å². The first-order chi connectivity index (χ1) is 8.08. The van der Waals surface area contributed by atoms with Gasteiger partial charge in [0.05, 0.1) is 12.3 Å². The van der Waals surface area contributed by atoms with Crippen LogP contribution in [-0.4, -0.2) is 0 Å². The van der Waals surface area contributed by atoms with Gasteiger partial charge in [-0.05, 0) is 48.7 Å². The van der Waals surface area contributed by atoms with Crippen molar-refractivity contribution in [1.82, 2.24) is 0 Å². The minimum atomic E-state index is -0.325. The molecule has 4 heteroatoms. The van der Waals surface area contributed by atoms with E-state index in [2.05, 4.69) is 15.9 Å². The van der Waals surface area contributed by atoms with Gasteiger partial charge < -0.3 is 10.2 Å². The first-order valence-electron chi connectivity index (χ1n) is 5.31. The van der Waals surface area contributed by atoms with Crippen molar-refractivity contribution in [3.05, 3.63) is 57.7 Å². The molecule has 0 saturated heterocycles. The molecule has 2 N–H and O–H groups in total. The Morgan fingerprint density at radius 2 is 2.18 bits per heavy atom. The SMILES string of the molecule is Cc1ccoc1C(N)Cc1cc(Br)ccc1F. The zero-order valence-electron chi connectivity index (χ0n) is 9.41. The highest BCUT2D eigenvalue weighted by Crippen LogP contribution is 2.23. The van der Waals surface area contributed by atoms with Gasteiger partial charge in [-0.25, -0.2) is 4.39 Å². The van der Waals surface area contributed by atoms with Crippen molar-refractivity contribution in [2.75, 3.05) is 0 Å². The Kier molecular flexibility index (Phi) is 3.64. The number of benzene rings is 1. The van der Waals surface area contributed by atoms with E-state index < -0.39 is 0 Å². The first kappa shape index (κ1) is 12.3. The Balaban J connectivity index is 2.21. The van der Waals surface area contributed by atoms with Gasteiger partial charge in [-0.15, -0.1) is 0 Å². The molecule has 0 aliphatic rings. The topological polar surface area (TPSA) is 39.2 Å². The van der Waals surface area contributed by atoms with Crippen LogP contribution in [0, 0.1) is 12.7 Å². The zero-order chi connectivity index (χ0) is 12.4. The summed E-state index contributed by atoms with van der Waals surface area (Å²) in [5.74, 6) is 0.470. The van der Waals surface area contributed by atoms with Crippen molar-refractivity contribution in [2.45, 2.75) is 19.4 Å². The summed E-state index contributed by atoms with van der Waals surface area (Å²) in [6.07, 6.45) is 2.02. The van der Waals surface area contributed by atoms with Crippen LogP contribution in [0.1, 0.15) is 22.9 Å². The van der Waals surface area contributed by atoms with Crippen LogP contribution in [0.25, 0.3) is 0 Å². The molecule has 17 heavy (non-hydrogen) atoms. The molecule has 1 aromatic carbocycles. The molecule has 1 atom stereocenters. The lowest BCUT2D eigenvalue weighted by molar-refractivity contribution is 0.457. The molecule has 0 amide bonds. The Labute approximate surface area is 108 Å². The van der Waals surface area contributed by atoms with Crippen molar-refractivity contribution in [3.8, 4) is 0 Å². The monoisotopic (exact) mass is 297 g/mol. The second-order valence-corrected chi connectivity index (χ2v) is 4.93. The molecular formula is C13H13BrFNO. The summed E-state index contributed by atoms with van der Waals surface area (Å²) in [5.41, 5.74) is 7.59. The van der Waals surface area contributed by atoms with Gasteiger partial charge in [0.1, 0.15) is 11.6 Å². The molecule has 1 unspecified atom stereocenters. The van der Waals surface area contributed by atoms with Crippen LogP contribution in [0.15, 0.2) is 39.4 Å². The van der Waals surface area contributed by atoms with Crippen LogP contribution in [0.3, 0.4) is 0 Å². The van der Waals surface area contributed by atoms with Crippen LogP contribution in [0.5, 0.6) is 0 Å². The normalized spacial score (nSPS) is 12.7. The standard InChI is InChI=1S/C13H13BrFNO/c1-8-4-5-17-13(8)12(16)7-9-6-10(14)2-3-11(9)15/h2-6,12H,7,16H2,1H3. The van der Waals surface area contributed by atoms with Crippen molar-refractivity contribution >= 4 is 15.9 Å². The van der Waals surface area contributed by atoms with Gasteiger partial charge >= 0.3 is 0 Å². The average molecular weight is 298 g/mol. The van der Waals surface area contributed by atoms with Crippen molar-refractivity contribution in [2.24, 2.45) is 5.73 Å². The molecule has 2 rings (SSSR count). The molecule has 2 aromatic rings. The molecule has 90 valence electrons. The molecule has 0 fully saturated rings. The van der Waals surface area contributed by atoms with Crippen LogP contribution < -0.4 is 5.73 Å². The Morgan fingerprint density at radius 1 is 1.41 bits per heavy atom. The fourth-order valence-corrected chi connectivity index (χ4v) is 2.20. The van der Waals surface area contributed by atoms with E-state index in [1.165, 1.54) is 6.07 Å². The highest BCUT2D eigenvalue weighted by molar-refractivity contribution is 9.10. The second kappa shape index (κ2) is 5.02. The Bertz CT molecular complexity index is 524. The number of aryl methyl sites for hydroxylation is 1. The summed E-state index contributed by atoms with van der Waals surface area (Å²) in [5, 5.41) is 0. The summed E-state index contributed by atoms with van der Waals surface area (Å²) in [6, 6.07) is 6.37. The zero-order valence-corrected chi connectivity index (χ0v) is 11.0. The summed E-state index contributed by atoms with van der Waals surface area (Å²) >= 11 is 3.32. The highest BCUT2D eigenvalue weighted by Gasteiger charge is 2.15. The fraction of sp³-hybridized carbons (Fsp3) is 0.231. The maximum Gasteiger partial charge on any atom is 0.126 e. The van der Waals surface area contributed by atoms with Crippen LogP contribution in [-0.2, 0) is 6.42 Å². The van der Waals surface area contributed by atoms with E-state index in [0.29, 0.717) is 17.7 Å². The predicted molar refractivity (Wildman–Crippen MR) is 68.2 cm³/mol. The van der Waals surface area contributed by atoms with E-state index in [4.69, 9.17) is 10.2 Å². The number of furan rings is 1. The van der Waals surface area contributed by atoms with E-state index in [-0.39, 0.29) is 11.9 Å². The molecule has 0 spiro atoms. The number of nitrogens with two attached hydrogens (primary N) is 1. The van der Waals surface area contributed by atoms with Crippen LogP contribution in [0.4, 0.5) is 4.39 Å². The lowest BCUT2D eigenvalue weighted by Gasteiger charge is -2.11. The number of rotatable bonds is 3. The smallest absolute Gasteiger partial charge is 0.126 e. The molecule has 1 heterocycles. The quantitative estimate of drug-likeness (QED) is 0.937. The van der Waals surface area contributed by atoms with Gasteiger partial charge in [0.25, 0.3) is 0 Å². The van der Waals surface area contributed by atoms with Gasteiger partial charge in [0.15, 0.2) is 0 Å². The highest BCUT2D eigenvalue weighted by atomic mass is 79.9. The third kappa shape index (κ3) is 2.76. The molecule has 0 radical (unpaired) electrons. The molecule has 0 saturated carbocycles. The maximum atomic E-state index is 13.6.